The van der Waals surface area contributed by atoms with Crippen LogP contribution in [0.4, 0.5) is 16.2 Å². The summed E-state index contributed by atoms with van der Waals surface area (Å²) < 4.78 is 20.6. The van der Waals surface area contributed by atoms with Gasteiger partial charge < -0.3 is 18.3 Å². The molecule has 0 amide bonds. The maximum Gasteiger partial charge on any atom is 0.519 e. The van der Waals surface area contributed by atoms with Gasteiger partial charge in [-0.15, -0.1) is 0 Å². The van der Waals surface area contributed by atoms with Crippen molar-refractivity contribution in [1.82, 2.24) is 0 Å². The van der Waals surface area contributed by atoms with Gasteiger partial charge in [-0.25, -0.2) is 4.79 Å². The van der Waals surface area contributed by atoms with Crippen molar-refractivity contribution >= 4 is 17.5 Å². The summed E-state index contributed by atoms with van der Waals surface area (Å²) >= 11 is 0. The smallest absolute Gasteiger partial charge is 0.472 e. The van der Waals surface area contributed by atoms with Crippen molar-refractivity contribution in [3.05, 3.63) is 93.8 Å². The first kappa shape index (κ1) is 20.3. The Hall–Kier alpha value is -4.93. The van der Waals surface area contributed by atoms with E-state index in [-0.39, 0.29) is 34.0 Å². The molecule has 0 fully saturated rings. The second-order valence-electron chi connectivity index (χ2n) is 6.35. The number of nitro benzene ring substituents is 2. The fourth-order valence-corrected chi connectivity index (χ4v) is 2.93. The molecule has 0 saturated carbocycles. The topological polar surface area (TPSA) is 148 Å². The lowest BCUT2D eigenvalue weighted by Crippen LogP contribution is -2.15. The van der Waals surface area contributed by atoms with E-state index in [0.717, 1.165) is 0 Å². The van der Waals surface area contributed by atoms with Crippen LogP contribution in [-0.2, 0) is 0 Å². The first-order valence-electron chi connectivity index (χ1n) is 8.94. The van der Waals surface area contributed by atoms with Crippen molar-refractivity contribution < 1.29 is 32.9 Å². The quantitative estimate of drug-likeness (QED) is 0.163. The van der Waals surface area contributed by atoms with Crippen LogP contribution >= 0.6 is 0 Å². The standard InChI is InChI=1S/C21H12N2O9/c24-21(31-19-3-1-15(22(25)26)9-17(19)13-5-7-29-11-13)32-20-4-2-16(23(27)28)10-18(20)14-6-8-30-12-14/h1-12H. The van der Waals surface area contributed by atoms with E-state index >= 15 is 0 Å². The SMILES string of the molecule is O=C(Oc1ccc([N+](=O)[O-])cc1-c1ccoc1)Oc1ccc([N+](=O)[O-])cc1-c1ccoc1. The minimum absolute atomic E-state index is 0.00577. The molecular weight excluding hydrogens is 424 g/mol. The molecule has 4 aromatic rings. The van der Waals surface area contributed by atoms with Crippen molar-refractivity contribution in [3.63, 3.8) is 0 Å². The normalized spacial score (nSPS) is 10.5. The summed E-state index contributed by atoms with van der Waals surface area (Å²) in [6.07, 6.45) is 4.26. The number of furan rings is 2. The van der Waals surface area contributed by atoms with Gasteiger partial charge in [-0.05, 0) is 24.3 Å². The predicted octanol–water partition coefficient (Wildman–Crippen LogP) is 5.60. The second kappa shape index (κ2) is 8.44. The summed E-state index contributed by atoms with van der Waals surface area (Å²) in [7, 11) is 0. The lowest BCUT2D eigenvalue weighted by Gasteiger charge is -2.11. The maximum absolute atomic E-state index is 12.5. The number of carbonyl (C=O) groups excluding carboxylic acids is 1. The van der Waals surface area contributed by atoms with Gasteiger partial charge in [0.1, 0.15) is 11.5 Å². The van der Waals surface area contributed by atoms with Crippen LogP contribution in [0.3, 0.4) is 0 Å². The molecular formula is C21H12N2O9. The van der Waals surface area contributed by atoms with E-state index < -0.39 is 16.0 Å². The minimum Gasteiger partial charge on any atom is -0.472 e. The Morgan fingerprint density at radius 1 is 0.719 bits per heavy atom. The molecule has 11 heteroatoms. The van der Waals surface area contributed by atoms with Gasteiger partial charge in [0.05, 0.1) is 34.9 Å². The fraction of sp³-hybridized carbons (Fsp3) is 0. The number of non-ortho nitro benzene ring substituents is 2. The lowest BCUT2D eigenvalue weighted by atomic mass is 10.1. The Morgan fingerprint density at radius 2 is 1.16 bits per heavy atom. The number of ether oxygens (including phenoxy) is 2. The first-order chi connectivity index (χ1) is 15.4. The summed E-state index contributed by atoms with van der Waals surface area (Å²) in [6, 6.07) is 10.4. The third kappa shape index (κ3) is 4.16. The molecule has 160 valence electrons. The highest BCUT2D eigenvalue weighted by molar-refractivity contribution is 5.79. The lowest BCUT2D eigenvalue weighted by molar-refractivity contribution is -0.385. The van der Waals surface area contributed by atoms with Gasteiger partial charge >= 0.3 is 6.16 Å². The molecule has 0 saturated heterocycles. The fourth-order valence-electron chi connectivity index (χ4n) is 2.93. The number of benzene rings is 2. The molecule has 0 spiro atoms. The third-order valence-corrected chi connectivity index (χ3v) is 4.40. The van der Waals surface area contributed by atoms with E-state index in [9.17, 15) is 25.0 Å². The molecule has 2 aromatic heterocycles. The van der Waals surface area contributed by atoms with E-state index in [2.05, 4.69) is 0 Å². The summed E-state index contributed by atoms with van der Waals surface area (Å²) in [5.41, 5.74) is 0.961. The molecule has 2 aromatic carbocycles. The number of hydrogen-bond acceptors (Lipinski definition) is 9. The summed E-state index contributed by atoms with van der Waals surface area (Å²) in [5, 5.41) is 22.2. The monoisotopic (exact) mass is 436 g/mol. The first-order valence-corrected chi connectivity index (χ1v) is 8.94. The van der Waals surface area contributed by atoms with Crippen LogP contribution in [0.2, 0.25) is 0 Å². The number of carbonyl (C=O) groups is 1. The average Bonchev–Trinajstić information content (AvgIpc) is 3.48. The molecule has 0 aliphatic heterocycles. The predicted molar refractivity (Wildman–Crippen MR) is 108 cm³/mol. The average molecular weight is 436 g/mol. The van der Waals surface area contributed by atoms with Gasteiger partial charge in [0.2, 0.25) is 0 Å². The van der Waals surface area contributed by atoms with E-state index in [1.54, 1.807) is 12.1 Å². The van der Waals surface area contributed by atoms with Crippen LogP contribution in [0, 0.1) is 20.2 Å². The van der Waals surface area contributed by atoms with Crippen LogP contribution in [0.15, 0.2) is 82.4 Å². The van der Waals surface area contributed by atoms with Crippen LogP contribution < -0.4 is 9.47 Å². The Bertz CT molecular complexity index is 1200. The molecule has 11 nitrogen and oxygen atoms in total. The van der Waals surface area contributed by atoms with Gasteiger partial charge in [-0.3, -0.25) is 20.2 Å². The largest absolute Gasteiger partial charge is 0.519 e. The van der Waals surface area contributed by atoms with E-state index in [1.807, 2.05) is 0 Å². The highest BCUT2D eigenvalue weighted by Crippen LogP contribution is 2.36. The Balaban J connectivity index is 1.64. The number of nitro groups is 2. The number of nitrogens with zero attached hydrogens (tertiary/aromatic N) is 2. The molecule has 0 aliphatic rings. The second-order valence-corrected chi connectivity index (χ2v) is 6.35. The van der Waals surface area contributed by atoms with Gasteiger partial charge in [-0.2, -0.15) is 0 Å². The maximum atomic E-state index is 12.5. The van der Waals surface area contributed by atoms with Gasteiger partial charge in [-0.1, -0.05) is 0 Å². The highest BCUT2D eigenvalue weighted by Gasteiger charge is 2.21. The summed E-state index contributed by atoms with van der Waals surface area (Å²) in [6.45, 7) is 0. The van der Waals surface area contributed by atoms with Crippen LogP contribution in [-0.4, -0.2) is 16.0 Å². The molecule has 0 atom stereocenters. The van der Waals surface area contributed by atoms with Crippen molar-refractivity contribution in [2.24, 2.45) is 0 Å². The molecule has 2 heterocycles. The van der Waals surface area contributed by atoms with Gasteiger partial charge in [0.25, 0.3) is 11.4 Å². The zero-order valence-electron chi connectivity index (χ0n) is 16.0. The van der Waals surface area contributed by atoms with Gasteiger partial charge in [0, 0.05) is 46.5 Å². The summed E-state index contributed by atoms with van der Waals surface area (Å²) in [4.78, 5) is 33.6. The van der Waals surface area contributed by atoms with Crippen LogP contribution in [0.5, 0.6) is 11.5 Å². The number of rotatable bonds is 6. The van der Waals surface area contributed by atoms with Crippen molar-refractivity contribution in [2.75, 3.05) is 0 Å². The molecule has 4 rings (SSSR count). The molecule has 0 N–H and O–H groups in total. The highest BCUT2D eigenvalue weighted by atomic mass is 16.7. The van der Waals surface area contributed by atoms with Crippen molar-refractivity contribution in [1.29, 1.82) is 0 Å². The van der Waals surface area contributed by atoms with E-state index in [1.165, 1.54) is 61.5 Å². The Labute approximate surface area is 178 Å². The van der Waals surface area contributed by atoms with Gasteiger partial charge in [0.15, 0.2) is 0 Å². The van der Waals surface area contributed by atoms with E-state index in [0.29, 0.717) is 11.1 Å². The van der Waals surface area contributed by atoms with Crippen LogP contribution in [0.1, 0.15) is 0 Å². The molecule has 0 aliphatic carbocycles. The van der Waals surface area contributed by atoms with E-state index in [4.69, 9.17) is 18.3 Å². The Morgan fingerprint density at radius 3 is 1.50 bits per heavy atom. The number of hydrogen-bond donors (Lipinski definition) is 0. The zero-order valence-corrected chi connectivity index (χ0v) is 16.0. The zero-order chi connectivity index (χ0) is 22.7. The van der Waals surface area contributed by atoms with Crippen LogP contribution in [0.25, 0.3) is 22.3 Å². The Kier molecular flexibility index (Phi) is 5.36. The summed E-state index contributed by atoms with van der Waals surface area (Å²) in [5.74, 6) is -0.0115. The van der Waals surface area contributed by atoms with Crippen molar-refractivity contribution in [2.45, 2.75) is 0 Å². The molecule has 0 unspecified atom stereocenters. The molecule has 0 radical (unpaired) electrons. The molecule has 32 heavy (non-hydrogen) atoms. The van der Waals surface area contributed by atoms with Crippen molar-refractivity contribution in [3.8, 4) is 33.8 Å². The minimum atomic E-state index is -1.15. The third-order valence-electron chi connectivity index (χ3n) is 4.40. The molecule has 0 bridgehead atoms.